The van der Waals surface area contributed by atoms with E-state index in [-0.39, 0.29) is 11.8 Å². The summed E-state index contributed by atoms with van der Waals surface area (Å²) in [6.07, 6.45) is 3.45. The van der Waals surface area contributed by atoms with Crippen molar-refractivity contribution < 1.29 is 9.59 Å². The summed E-state index contributed by atoms with van der Waals surface area (Å²) in [5, 5.41) is 0. The van der Waals surface area contributed by atoms with Crippen molar-refractivity contribution in [2.24, 2.45) is 5.73 Å². The van der Waals surface area contributed by atoms with E-state index in [1.165, 1.54) is 6.42 Å². The molecule has 0 radical (unpaired) electrons. The van der Waals surface area contributed by atoms with Gasteiger partial charge in [0.2, 0.25) is 11.8 Å². The molecule has 22 heavy (non-hydrogen) atoms. The van der Waals surface area contributed by atoms with Gasteiger partial charge in [0.25, 0.3) is 0 Å². The Kier molecular flexibility index (Phi) is 5.45. The van der Waals surface area contributed by atoms with Crippen molar-refractivity contribution in [1.82, 2.24) is 14.7 Å². The lowest BCUT2D eigenvalue weighted by Gasteiger charge is -2.39. The van der Waals surface area contributed by atoms with Gasteiger partial charge in [0.15, 0.2) is 0 Å². The molecule has 2 fully saturated rings. The highest BCUT2D eigenvalue weighted by Crippen LogP contribution is 2.17. The van der Waals surface area contributed by atoms with E-state index in [2.05, 4.69) is 11.8 Å². The Labute approximate surface area is 133 Å². The van der Waals surface area contributed by atoms with Gasteiger partial charge in [-0.05, 0) is 40.0 Å². The first-order valence-corrected chi connectivity index (χ1v) is 8.39. The van der Waals surface area contributed by atoms with Crippen molar-refractivity contribution in [3.05, 3.63) is 0 Å². The fraction of sp³-hybridized carbons (Fsp3) is 0.875. The van der Waals surface area contributed by atoms with Gasteiger partial charge in [-0.15, -0.1) is 0 Å². The van der Waals surface area contributed by atoms with E-state index in [9.17, 15) is 9.59 Å². The number of amides is 2. The third-order valence-corrected chi connectivity index (χ3v) is 4.69. The second-order valence-electron chi connectivity index (χ2n) is 7.22. The quantitative estimate of drug-likeness (QED) is 0.812. The molecule has 2 aliphatic rings. The van der Waals surface area contributed by atoms with Crippen molar-refractivity contribution in [1.29, 1.82) is 0 Å². The first-order valence-electron chi connectivity index (χ1n) is 8.39. The van der Waals surface area contributed by atoms with Crippen molar-refractivity contribution in [3.63, 3.8) is 0 Å². The molecule has 0 spiro atoms. The number of rotatable bonds is 3. The molecule has 6 heteroatoms. The third kappa shape index (κ3) is 4.20. The Hall–Kier alpha value is -1.14. The lowest BCUT2D eigenvalue weighted by molar-refractivity contribution is -0.139. The second kappa shape index (κ2) is 6.96. The Morgan fingerprint density at radius 2 is 1.73 bits per heavy atom. The Morgan fingerprint density at radius 1 is 1.09 bits per heavy atom. The number of hydrogen-bond donors (Lipinski definition) is 1. The molecule has 0 aliphatic carbocycles. The Balaban J connectivity index is 1.80. The zero-order valence-electron chi connectivity index (χ0n) is 14.2. The van der Waals surface area contributed by atoms with Gasteiger partial charge in [-0.2, -0.15) is 0 Å². The van der Waals surface area contributed by atoms with Crippen molar-refractivity contribution >= 4 is 11.8 Å². The first kappa shape index (κ1) is 17.2. The molecule has 0 aromatic heterocycles. The van der Waals surface area contributed by atoms with Crippen LogP contribution < -0.4 is 5.73 Å². The highest BCUT2D eigenvalue weighted by Gasteiger charge is 2.31. The molecular formula is C16H30N4O2. The van der Waals surface area contributed by atoms with E-state index < -0.39 is 5.54 Å². The molecule has 1 atom stereocenters. The smallest absolute Gasteiger partial charge is 0.242 e. The van der Waals surface area contributed by atoms with Crippen LogP contribution in [0.4, 0.5) is 0 Å². The van der Waals surface area contributed by atoms with Crippen LogP contribution >= 0.6 is 0 Å². The van der Waals surface area contributed by atoms with Crippen molar-refractivity contribution in [2.45, 2.75) is 51.6 Å². The molecule has 2 aliphatic heterocycles. The average Bonchev–Trinajstić information content (AvgIpc) is 2.46. The number of likely N-dealkylation sites (tertiary alicyclic amines) is 1. The summed E-state index contributed by atoms with van der Waals surface area (Å²) in [6.45, 7) is 9.78. The molecule has 2 amide bonds. The van der Waals surface area contributed by atoms with E-state index >= 15 is 0 Å². The number of carbonyl (C=O) groups is 2. The van der Waals surface area contributed by atoms with Crippen LogP contribution in [0.5, 0.6) is 0 Å². The van der Waals surface area contributed by atoms with Gasteiger partial charge < -0.3 is 15.5 Å². The Morgan fingerprint density at radius 3 is 2.27 bits per heavy atom. The summed E-state index contributed by atoms with van der Waals surface area (Å²) in [6, 6.07) is 0.363. The van der Waals surface area contributed by atoms with Crippen LogP contribution in [0.25, 0.3) is 0 Å². The highest BCUT2D eigenvalue weighted by atomic mass is 16.2. The van der Waals surface area contributed by atoms with E-state index in [1.54, 1.807) is 13.8 Å². The first-order chi connectivity index (χ1) is 10.3. The van der Waals surface area contributed by atoms with E-state index in [0.717, 1.165) is 32.5 Å². The summed E-state index contributed by atoms with van der Waals surface area (Å²) >= 11 is 0. The maximum Gasteiger partial charge on any atom is 0.242 e. The number of carbonyl (C=O) groups excluding carboxylic acids is 2. The number of nitrogens with zero attached hydrogens (tertiary/aromatic N) is 3. The normalized spacial score (nSPS) is 24.5. The highest BCUT2D eigenvalue weighted by molar-refractivity contribution is 5.85. The summed E-state index contributed by atoms with van der Waals surface area (Å²) in [4.78, 5) is 30.6. The molecule has 0 aromatic carbocycles. The summed E-state index contributed by atoms with van der Waals surface area (Å²) < 4.78 is 0. The van der Waals surface area contributed by atoms with E-state index in [4.69, 9.17) is 5.73 Å². The molecule has 126 valence electrons. The molecule has 2 heterocycles. The van der Waals surface area contributed by atoms with Crippen LogP contribution in [-0.2, 0) is 9.59 Å². The van der Waals surface area contributed by atoms with Crippen LogP contribution in [0.3, 0.4) is 0 Å². The molecule has 0 saturated carbocycles. The molecule has 1 unspecified atom stereocenters. The monoisotopic (exact) mass is 310 g/mol. The lowest BCUT2D eigenvalue weighted by atomic mass is 10.0. The molecule has 2 N–H and O–H groups in total. The largest absolute Gasteiger partial charge is 0.339 e. The Bertz CT molecular complexity index is 411. The predicted octanol–water partition coefficient (Wildman–Crippen LogP) is 0.269. The summed E-state index contributed by atoms with van der Waals surface area (Å²) in [5.74, 6) is 0.217. The number of piperazine rings is 1. The van der Waals surface area contributed by atoms with Gasteiger partial charge in [-0.25, -0.2) is 0 Å². The van der Waals surface area contributed by atoms with Gasteiger partial charge in [0.1, 0.15) is 0 Å². The minimum atomic E-state index is -0.818. The SMILES string of the molecule is CC1CCCCN1C(=O)CN1CCN(C(=O)C(C)(C)N)CC1. The van der Waals surface area contributed by atoms with Gasteiger partial charge in [0, 0.05) is 38.8 Å². The number of piperidine rings is 1. The minimum absolute atomic E-state index is 0.0110. The molecule has 2 rings (SSSR count). The topological polar surface area (TPSA) is 69.9 Å². The van der Waals surface area contributed by atoms with Crippen LogP contribution in [0.1, 0.15) is 40.0 Å². The van der Waals surface area contributed by atoms with E-state index in [0.29, 0.717) is 25.7 Å². The van der Waals surface area contributed by atoms with E-state index in [1.807, 2.05) is 9.80 Å². The van der Waals surface area contributed by atoms with Crippen LogP contribution in [0.15, 0.2) is 0 Å². The van der Waals surface area contributed by atoms with Gasteiger partial charge >= 0.3 is 0 Å². The molecular weight excluding hydrogens is 280 g/mol. The van der Waals surface area contributed by atoms with Crippen LogP contribution in [0, 0.1) is 0 Å². The molecule has 0 bridgehead atoms. The zero-order chi connectivity index (χ0) is 16.3. The van der Waals surface area contributed by atoms with Gasteiger partial charge in [0.05, 0.1) is 12.1 Å². The summed E-state index contributed by atoms with van der Waals surface area (Å²) in [5.41, 5.74) is 5.05. The number of nitrogens with two attached hydrogens (primary N) is 1. The summed E-state index contributed by atoms with van der Waals surface area (Å²) in [7, 11) is 0. The minimum Gasteiger partial charge on any atom is -0.339 e. The van der Waals surface area contributed by atoms with Gasteiger partial charge in [-0.1, -0.05) is 0 Å². The van der Waals surface area contributed by atoms with Crippen molar-refractivity contribution in [2.75, 3.05) is 39.3 Å². The van der Waals surface area contributed by atoms with Crippen LogP contribution in [-0.4, -0.2) is 77.4 Å². The van der Waals surface area contributed by atoms with Gasteiger partial charge in [-0.3, -0.25) is 14.5 Å². The molecule has 6 nitrogen and oxygen atoms in total. The standard InChI is InChI=1S/C16H30N4O2/c1-13-6-4-5-7-20(13)14(21)12-18-8-10-19(11-9-18)15(22)16(2,3)17/h13H,4-12,17H2,1-3H3. The molecule has 2 saturated heterocycles. The maximum absolute atomic E-state index is 12.4. The maximum atomic E-state index is 12.4. The van der Waals surface area contributed by atoms with Crippen LogP contribution in [0.2, 0.25) is 0 Å². The number of hydrogen-bond acceptors (Lipinski definition) is 4. The van der Waals surface area contributed by atoms with Crippen molar-refractivity contribution in [3.8, 4) is 0 Å². The zero-order valence-corrected chi connectivity index (χ0v) is 14.2. The predicted molar refractivity (Wildman–Crippen MR) is 86.3 cm³/mol. The third-order valence-electron chi connectivity index (χ3n) is 4.69. The lowest BCUT2D eigenvalue weighted by Crippen LogP contribution is -2.58. The molecule has 0 aromatic rings. The second-order valence-corrected chi connectivity index (χ2v) is 7.22. The fourth-order valence-electron chi connectivity index (χ4n) is 3.27. The fourth-order valence-corrected chi connectivity index (χ4v) is 3.27. The average molecular weight is 310 g/mol.